The summed E-state index contributed by atoms with van der Waals surface area (Å²) < 4.78 is 91.9. The minimum atomic E-state index is -4.55. The number of nitrogens with one attached hydrogen (secondary N) is 2. The highest BCUT2D eigenvalue weighted by Gasteiger charge is 2.31. The standard InChI is InChI=1S/C64H74N4O15S2/c1-61(2,3)47-29-39-25-40-30-48(62(4,5)6)32-42-27-44-34-50(64(10,11)12)36-46(60(44)83-38-56(70)66-85(77,78)54-19-15-52(16-20-54)68(73)74)28-45-35-49(63(7,8)9)33-43(26-41(31-47)57(39)80-23-21-79-22-24-81-58(40)42)59(45)82-37-55(69)65-84(75,76)53-17-13-51(14-18-53)67(71)72/h13-20,29-36H,21-28,37-38H2,1-12H3,(H,65,69)(H,66,70). The van der Waals surface area contributed by atoms with Gasteiger partial charge in [-0.25, -0.2) is 26.3 Å². The largest absolute Gasteiger partial charge is 0.491 e. The van der Waals surface area contributed by atoms with Crippen LogP contribution in [0.4, 0.5) is 11.4 Å². The van der Waals surface area contributed by atoms with Gasteiger partial charge in [0.2, 0.25) is 0 Å². The number of nitro benzene ring substituents is 2. The molecule has 19 nitrogen and oxygen atoms in total. The fourth-order valence-corrected chi connectivity index (χ4v) is 12.1. The van der Waals surface area contributed by atoms with Gasteiger partial charge in [-0.15, -0.1) is 0 Å². The first-order valence-corrected chi connectivity index (χ1v) is 30.9. The van der Waals surface area contributed by atoms with Gasteiger partial charge in [-0.1, -0.05) is 132 Å². The summed E-state index contributed by atoms with van der Waals surface area (Å²) in [5.41, 5.74) is 7.03. The molecule has 0 atom stereocenters. The molecule has 6 aromatic rings. The van der Waals surface area contributed by atoms with E-state index < -0.39 is 65.8 Å². The summed E-state index contributed by atoms with van der Waals surface area (Å²) in [4.78, 5) is 48.7. The highest BCUT2D eigenvalue weighted by atomic mass is 32.2. The Hall–Kier alpha value is -7.88. The number of rotatable bonds is 12. The summed E-state index contributed by atoms with van der Waals surface area (Å²) in [7, 11) is -9.10. The molecule has 6 aromatic carbocycles. The van der Waals surface area contributed by atoms with Crippen molar-refractivity contribution in [2.75, 3.05) is 39.6 Å². The molecule has 1 aliphatic carbocycles. The molecular weight excluding hydrogens is 1130 g/mol. The van der Waals surface area contributed by atoms with Crippen LogP contribution in [0.5, 0.6) is 23.0 Å². The highest BCUT2D eigenvalue weighted by Crippen LogP contribution is 2.45. The predicted octanol–water partition coefficient (Wildman–Crippen LogP) is 10.9. The van der Waals surface area contributed by atoms with Crippen LogP contribution in [0.3, 0.4) is 0 Å². The highest BCUT2D eigenvalue weighted by molar-refractivity contribution is 7.90. The number of fused-ring (bicyclic) bond motifs is 4. The van der Waals surface area contributed by atoms with E-state index in [1.54, 1.807) is 0 Å². The fraction of sp³-hybridized carbons (Fsp3) is 0.406. The molecule has 10 bridgehead atoms. The van der Waals surface area contributed by atoms with E-state index in [4.69, 9.17) is 23.7 Å². The van der Waals surface area contributed by atoms with Crippen LogP contribution in [0.2, 0.25) is 0 Å². The first-order valence-electron chi connectivity index (χ1n) is 27.9. The van der Waals surface area contributed by atoms with Crippen LogP contribution < -0.4 is 28.4 Å². The average molecular weight is 1200 g/mol. The summed E-state index contributed by atoms with van der Waals surface area (Å²) >= 11 is 0. The third kappa shape index (κ3) is 15.2. The average Bonchev–Trinajstić information content (AvgIpc) is 3.30. The number of carbonyl (C=O) groups excluding carboxylic acids is 2. The smallest absolute Gasteiger partial charge is 0.271 e. The Morgan fingerprint density at radius 1 is 0.447 bits per heavy atom. The minimum Gasteiger partial charge on any atom is -0.491 e. The van der Waals surface area contributed by atoms with Crippen molar-refractivity contribution in [3.8, 4) is 23.0 Å². The molecule has 0 radical (unpaired) electrons. The van der Waals surface area contributed by atoms with E-state index in [1.807, 2.05) is 24.3 Å². The molecule has 1 aliphatic heterocycles. The zero-order valence-electron chi connectivity index (χ0n) is 50.1. The molecular formula is C64H74N4O15S2. The van der Waals surface area contributed by atoms with Crippen molar-refractivity contribution in [2.45, 2.75) is 140 Å². The zero-order chi connectivity index (χ0) is 62.2. The lowest BCUT2D eigenvalue weighted by Crippen LogP contribution is -2.34. The van der Waals surface area contributed by atoms with E-state index in [9.17, 15) is 46.7 Å². The van der Waals surface area contributed by atoms with E-state index in [-0.39, 0.29) is 89.2 Å². The maximum atomic E-state index is 14.0. The van der Waals surface area contributed by atoms with Gasteiger partial charge in [0, 0.05) is 49.9 Å². The Bertz CT molecular complexity index is 3570. The maximum Gasteiger partial charge on any atom is 0.271 e. The van der Waals surface area contributed by atoms with Crippen LogP contribution in [0.15, 0.2) is 107 Å². The molecule has 85 heavy (non-hydrogen) atoms. The molecule has 21 heteroatoms. The number of hydrogen-bond donors (Lipinski definition) is 2. The first kappa shape index (κ1) is 63.1. The minimum absolute atomic E-state index is 0.0224. The summed E-state index contributed by atoms with van der Waals surface area (Å²) in [6.45, 7) is 24.5. The van der Waals surface area contributed by atoms with Crippen molar-refractivity contribution in [3.63, 3.8) is 0 Å². The van der Waals surface area contributed by atoms with Crippen LogP contribution >= 0.6 is 0 Å². The summed E-state index contributed by atoms with van der Waals surface area (Å²) in [5, 5.41) is 22.8. The SMILES string of the molecule is CC(C)(C)c1cc2c3c(c1)Cc1cc(C(C)(C)C)cc(c1OCC(=O)NS(=O)(=O)c1ccc([N+](=O)[O-])cc1)Cc1cc(C(C)(C)C)cc(c1OCC(=O)NS(=O)(=O)c1ccc([N+](=O)[O-])cc1)Cc1cc(C(C)(C)C)cc(c1OCCOCCO3)C2. The molecule has 0 aromatic heterocycles. The third-order valence-electron chi connectivity index (χ3n) is 14.8. The van der Waals surface area contributed by atoms with Crippen LogP contribution in [-0.2, 0) is 81.7 Å². The van der Waals surface area contributed by atoms with E-state index in [2.05, 4.69) is 117 Å². The monoisotopic (exact) mass is 1200 g/mol. The van der Waals surface area contributed by atoms with Gasteiger partial charge in [0.05, 0.1) is 32.9 Å². The van der Waals surface area contributed by atoms with Crippen LogP contribution in [0.25, 0.3) is 0 Å². The number of nitrogens with zero attached hydrogens (tertiary/aromatic N) is 2. The second-order valence-corrected chi connectivity index (χ2v) is 29.0. The van der Waals surface area contributed by atoms with Crippen LogP contribution in [-0.4, -0.2) is 78.1 Å². The molecule has 0 saturated carbocycles. The molecule has 2 aliphatic rings. The van der Waals surface area contributed by atoms with Gasteiger partial charge >= 0.3 is 0 Å². The van der Waals surface area contributed by atoms with E-state index in [1.165, 1.54) is 0 Å². The van der Waals surface area contributed by atoms with Crippen molar-refractivity contribution in [1.29, 1.82) is 0 Å². The number of nitro groups is 2. The quantitative estimate of drug-likeness (QED) is 0.0851. The van der Waals surface area contributed by atoms with Crippen molar-refractivity contribution in [2.24, 2.45) is 0 Å². The Balaban J connectivity index is 1.39. The Kier molecular flexibility index (Phi) is 18.0. The number of hydrogen-bond acceptors (Lipinski definition) is 15. The van der Waals surface area contributed by atoms with Crippen molar-refractivity contribution in [3.05, 3.63) is 184 Å². The summed E-state index contributed by atoms with van der Waals surface area (Å²) in [6.07, 6.45) is 0.742. The third-order valence-corrected chi connectivity index (χ3v) is 17.6. The van der Waals surface area contributed by atoms with E-state index in [0.717, 1.165) is 93.0 Å². The van der Waals surface area contributed by atoms with Gasteiger partial charge < -0.3 is 23.7 Å². The molecule has 0 saturated heterocycles. The number of ether oxygens (including phenoxy) is 5. The Labute approximate surface area is 497 Å². The zero-order valence-corrected chi connectivity index (χ0v) is 51.8. The number of amides is 2. The van der Waals surface area contributed by atoms with E-state index in [0.29, 0.717) is 40.2 Å². The van der Waals surface area contributed by atoms with Crippen molar-refractivity contribution >= 4 is 43.2 Å². The molecule has 2 N–H and O–H groups in total. The van der Waals surface area contributed by atoms with Crippen LogP contribution in [0.1, 0.15) is 150 Å². The van der Waals surface area contributed by atoms with Gasteiger partial charge in [0.1, 0.15) is 36.2 Å². The van der Waals surface area contributed by atoms with Gasteiger partial charge in [0.25, 0.3) is 43.2 Å². The Morgan fingerprint density at radius 3 is 0.976 bits per heavy atom. The molecule has 452 valence electrons. The first-order chi connectivity index (χ1) is 39.6. The lowest BCUT2D eigenvalue weighted by molar-refractivity contribution is -0.385. The number of carbonyl (C=O) groups is 2. The fourth-order valence-electron chi connectivity index (χ4n) is 10.1. The summed E-state index contributed by atoms with van der Waals surface area (Å²) in [6, 6.07) is 24.7. The molecule has 8 rings (SSSR count). The van der Waals surface area contributed by atoms with Gasteiger partial charge in [0.15, 0.2) is 13.2 Å². The predicted molar refractivity (Wildman–Crippen MR) is 321 cm³/mol. The maximum absolute atomic E-state index is 14.0. The molecule has 0 fully saturated rings. The van der Waals surface area contributed by atoms with Crippen molar-refractivity contribution in [1.82, 2.24) is 9.44 Å². The summed E-state index contributed by atoms with van der Waals surface area (Å²) in [5.74, 6) is -0.337. The second-order valence-electron chi connectivity index (χ2n) is 25.6. The molecule has 0 spiro atoms. The van der Waals surface area contributed by atoms with Gasteiger partial charge in [-0.2, -0.15) is 0 Å². The lowest BCUT2D eigenvalue weighted by Gasteiger charge is -2.29. The molecule has 0 unspecified atom stereocenters. The van der Waals surface area contributed by atoms with E-state index >= 15 is 0 Å². The topological polar surface area (TPSA) is 259 Å². The lowest BCUT2D eigenvalue weighted by atomic mass is 9.79. The van der Waals surface area contributed by atoms with Crippen molar-refractivity contribution < 1.29 is 60.0 Å². The Morgan fingerprint density at radius 2 is 0.706 bits per heavy atom. The normalized spacial score (nSPS) is 14.2. The molecule has 2 amide bonds. The second kappa shape index (κ2) is 24.2. The number of sulfonamides is 2. The van der Waals surface area contributed by atoms with Gasteiger partial charge in [-0.3, -0.25) is 29.8 Å². The number of benzene rings is 6. The van der Waals surface area contributed by atoms with Gasteiger partial charge in [-0.05, 0) is 113 Å². The van der Waals surface area contributed by atoms with Crippen LogP contribution in [0, 0.1) is 20.2 Å². The number of non-ortho nitro benzene ring substituents is 2. The molecule has 1 heterocycles.